The second-order valence-corrected chi connectivity index (χ2v) is 6.63. The van der Waals surface area contributed by atoms with E-state index in [0.717, 1.165) is 0 Å². The second-order valence-electron chi connectivity index (χ2n) is 6.63. The molecule has 0 bridgehead atoms. The third kappa shape index (κ3) is 3.69. The number of amides is 2. The lowest BCUT2D eigenvalue weighted by Gasteiger charge is -2.13. The topological polar surface area (TPSA) is 112 Å². The molecule has 0 saturated carbocycles. The van der Waals surface area contributed by atoms with Crippen molar-refractivity contribution in [3.05, 3.63) is 64.2 Å². The highest BCUT2D eigenvalue weighted by Gasteiger charge is 2.20. The van der Waals surface area contributed by atoms with E-state index in [2.05, 4.69) is 15.6 Å². The molecule has 3 heterocycles. The summed E-state index contributed by atoms with van der Waals surface area (Å²) in [5.74, 6) is 0.298. The Labute approximate surface area is 171 Å². The summed E-state index contributed by atoms with van der Waals surface area (Å²) < 4.78 is 12.6. The van der Waals surface area contributed by atoms with E-state index in [-0.39, 0.29) is 36.8 Å². The third-order valence-corrected chi connectivity index (χ3v) is 4.80. The zero-order valence-corrected chi connectivity index (χ0v) is 16.3. The number of nitrogens with zero attached hydrogens (tertiary/aromatic N) is 2. The zero-order chi connectivity index (χ0) is 21.1. The molecule has 154 valence electrons. The summed E-state index contributed by atoms with van der Waals surface area (Å²) in [5.41, 5.74) is 0.804. The predicted octanol–water partition coefficient (Wildman–Crippen LogP) is 1.30. The molecule has 9 heteroatoms. The van der Waals surface area contributed by atoms with E-state index in [0.29, 0.717) is 34.5 Å². The number of nitrogens with one attached hydrogen (secondary N) is 2. The van der Waals surface area contributed by atoms with Crippen molar-refractivity contribution in [2.45, 2.75) is 13.5 Å². The van der Waals surface area contributed by atoms with Crippen LogP contribution >= 0.6 is 0 Å². The molecule has 0 radical (unpaired) electrons. The van der Waals surface area contributed by atoms with Gasteiger partial charge in [0.05, 0.1) is 10.9 Å². The monoisotopic (exact) mass is 408 g/mol. The summed E-state index contributed by atoms with van der Waals surface area (Å²) in [5, 5.41) is 5.77. The maximum Gasteiger partial charge on any atom is 0.256 e. The van der Waals surface area contributed by atoms with Gasteiger partial charge in [0.25, 0.3) is 11.8 Å². The molecule has 0 spiro atoms. The van der Waals surface area contributed by atoms with Crippen molar-refractivity contribution in [3.63, 3.8) is 0 Å². The zero-order valence-electron chi connectivity index (χ0n) is 16.3. The summed E-state index contributed by atoms with van der Waals surface area (Å²) in [6.07, 6.45) is 4.60. The molecule has 2 aromatic heterocycles. The van der Waals surface area contributed by atoms with Crippen molar-refractivity contribution < 1.29 is 19.1 Å². The molecular formula is C21H20N4O5. The highest BCUT2D eigenvalue weighted by atomic mass is 16.7. The Kier molecular flexibility index (Phi) is 5.34. The highest BCUT2D eigenvalue weighted by molar-refractivity contribution is 5.98. The standard InChI is InChI=1S/C21H20N4O5/c1-2-25-11-15(19(26)14-9-17-18(10-16(14)25)30-12-29-17)21(28)24-8-7-23-20(27)13-3-5-22-6-4-13/h3-6,9-11H,2,7-8,12H2,1H3,(H,23,27)(H,24,28). The lowest BCUT2D eigenvalue weighted by atomic mass is 10.1. The summed E-state index contributed by atoms with van der Waals surface area (Å²) in [6.45, 7) is 3.00. The van der Waals surface area contributed by atoms with E-state index in [1.807, 2.05) is 11.5 Å². The number of hydrogen-bond donors (Lipinski definition) is 2. The summed E-state index contributed by atoms with van der Waals surface area (Å²) in [7, 11) is 0. The van der Waals surface area contributed by atoms with E-state index in [1.165, 1.54) is 18.6 Å². The number of fused-ring (bicyclic) bond motifs is 2. The van der Waals surface area contributed by atoms with Gasteiger partial charge in [-0.05, 0) is 25.1 Å². The number of aromatic nitrogens is 2. The van der Waals surface area contributed by atoms with Crippen LogP contribution in [-0.2, 0) is 6.54 Å². The molecule has 1 aliphatic heterocycles. The number of hydrogen-bond acceptors (Lipinski definition) is 6. The quantitative estimate of drug-likeness (QED) is 0.595. The van der Waals surface area contributed by atoms with Gasteiger partial charge in [-0.1, -0.05) is 0 Å². The van der Waals surface area contributed by atoms with Crippen LogP contribution in [0.1, 0.15) is 27.6 Å². The molecule has 30 heavy (non-hydrogen) atoms. The highest BCUT2D eigenvalue weighted by Crippen LogP contribution is 2.35. The minimum atomic E-state index is -0.500. The van der Waals surface area contributed by atoms with Gasteiger partial charge in [-0.2, -0.15) is 0 Å². The van der Waals surface area contributed by atoms with Gasteiger partial charge in [0.2, 0.25) is 12.2 Å². The number of ether oxygens (including phenoxy) is 2. The third-order valence-electron chi connectivity index (χ3n) is 4.80. The van der Waals surface area contributed by atoms with Gasteiger partial charge in [-0.3, -0.25) is 19.4 Å². The van der Waals surface area contributed by atoms with Crippen molar-refractivity contribution >= 4 is 22.7 Å². The van der Waals surface area contributed by atoms with E-state index in [4.69, 9.17) is 9.47 Å². The number of benzene rings is 1. The van der Waals surface area contributed by atoms with Crippen LogP contribution in [-0.4, -0.2) is 41.2 Å². The second kappa shape index (κ2) is 8.24. The summed E-state index contributed by atoms with van der Waals surface area (Å²) in [6, 6.07) is 6.56. The first-order valence-corrected chi connectivity index (χ1v) is 9.51. The molecule has 1 aliphatic rings. The minimum Gasteiger partial charge on any atom is -0.454 e. The largest absolute Gasteiger partial charge is 0.454 e. The van der Waals surface area contributed by atoms with Gasteiger partial charge in [0.1, 0.15) is 5.56 Å². The van der Waals surface area contributed by atoms with E-state index in [1.54, 1.807) is 24.3 Å². The molecule has 9 nitrogen and oxygen atoms in total. The number of aryl methyl sites for hydroxylation is 1. The van der Waals surface area contributed by atoms with Crippen LogP contribution in [0.2, 0.25) is 0 Å². The van der Waals surface area contributed by atoms with Crippen LogP contribution in [0.4, 0.5) is 0 Å². The van der Waals surface area contributed by atoms with Crippen LogP contribution in [0.25, 0.3) is 10.9 Å². The van der Waals surface area contributed by atoms with Crippen molar-refractivity contribution in [3.8, 4) is 11.5 Å². The Balaban J connectivity index is 1.48. The molecule has 3 aromatic rings. The lowest BCUT2D eigenvalue weighted by Crippen LogP contribution is -2.36. The molecule has 0 unspecified atom stereocenters. The molecule has 0 fully saturated rings. The Morgan fingerprint density at radius 3 is 2.43 bits per heavy atom. The van der Waals surface area contributed by atoms with Crippen molar-refractivity contribution in [2.24, 2.45) is 0 Å². The van der Waals surface area contributed by atoms with Gasteiger partial charge < -0.3 is 24.7 Å². The smallest absolute Gasteiger partial charge is 0.256 e. The minimum absolute atomic E-state index is 0.0312. The lowest BCUT2D eigenvalue weighted by molar-refractivity contribution is 0.0927. The Bertz CT molecular complexity index is 1170. The number of rotatable bonds is 6. The maximum atomic E-state index is 12.9. The first-order chi connectivity index (χ1) is 14.6. The fourth-order valence-electron chi connectivity index (χ4n) is 3.26. The van der Waals surface area contributed by atoms with Crippen molar-refractivity contribution in [2.75, 3.05) is 19.9 Å². The fraction of sp³-hybridized carbons (Fsp3) is 0.238. The molecule has 0 saturated heterocycles. The van der Waals surface area contributed by atoms with Gasteiger partial charge in [0.15, 0.2) is 11.5 Å². The molecule has 4 rings (SSSR count). The molecule has 2 N–H and O–H groups in total. The van der Waals surface area contributed by atoms with E-state index in [9.17, 15) is 14.4 Å². The van der Waals surface area contributed by atoms with Gasteiger partial charge >= 0.3 is 0 Å². The van der Waals surface area contributed by atoms with Gasteiger partial charge in [-0.25, -0.2) is 0 Å². The normalized spacial score (nSPS) is 12.0. The number of pyridine rings is 2. The first kappa shape index (κ1) is 19.4. The molecule has 1 aromatic carbocycles. The summed E-state index contributed by atoms with van der Waals surface area (Å²) in [4.78, 5) is 41.4. The average Bonchev–Trinajstić information content (AvgIpc) is 3.24. The van der Waals surface area contributed by atoms with Crippen LogP contribution in [0, 0.1) is 0 Å². The molecule has 0 aliphatic carbocycles. The Hall–Kier alpha value is -3.88. The number of carbonyl (C=O) groups excluding carboxylic acids is 2. The van der Waals surface area contributed by atoms with Crippen molar-refractivity contribution in [1.29, 1.82) is 0 Å². The molecular weight excluding hydrogens is 388 g/mol. The Morgan fingerprint density at radius 1 is 1.07 bits per heavy atom. The SMILES string of the molecule is CCn1cc(C(=O)NCCNC(=O)c2ccncc2)c(=O)c2cc3c(cc21)OCO3. The van der Waals surface area contributed by atoms with Crippen LogP contribution in [0.15, 0.2) is 47.7 Å². The van der Waals surface area contributed by atoms with E-state index < -0.39 is 5.91 Å². The van der Waals surface area contributed by atoms with Gasteiger partial charge in [-0.15, -0.1) is 0 Å². The number of carbonyl (C=O) groups is 2. The molecule has 2 amide bonds. The summed E-state index contributed by atoms with van der Waals surface area (Å²) >= 11 is 0. The van der Waals surface area contributed by atoms with Crippen LogP contribution < -0.4 is 25.5 Å². The van der Waals surface area contributed by atoms with Crippen LogP contribution in [0.5, 0.6) is 11.5 Å². The average molecular weight is 408 g/mol. The van der Waals surface area contributed by atoms with Crippen LogP contribution in [0.3, 0.4) is 0 Å². The first-order valence-electron chi connectivity index (χ1n) is 9.51. The van der Waals surface area contributed by atoms with Gasteiger partial charge in [0, 0.05) is 49.9 Å². The fourth-order valence-corrected chi connectivity index (χ4v) is 3.26. The molecule has 0 atom stereocenters. The van der Waals surface area contributed by atoms with Crippen molar-refractivity contribution in [1.82, 2.24) is 20.2 Å². The predicted molar refractivity (Wildman–Crippen MR) is 109 cm³/mol. The Morgan fingerprint density at radius 2 is 1.73 bits per heavy atom. The van der Waals surface area contributed by atoms with E-state index >= 15 is 0 Å². The maximum absolute atomic E-state index is 12.9.